The van der Waals surface area contributed by atoms with Gasteiger partial charge in [-0.25, -0.2) is 0 Å². The first-order chi connectivity index (χ1) is 14.5. The van der Waals surface area contributed by atoms with E-state index in [1.807, 2.05) is 0 Å². The molecule has 0 aromatic heterocycles. The number of nitrogens with one attached hydrogen (secondary N) is 3. The quantitative estimate of drug-likeness (QED) is 0.115. The average molecular weight is 423 g/mol. The summed E-state index contributed by atoms with van der Waals surface area (Å²) < 4.78 is 10.2. The van der Waals surface area contributed by atoms with E-state index in [1.165, 1.54) is 13.0 Å². The van der Waals surface area contributed by atoms with E-state index in [0.29, 0.717) is 11.3 Å². The zero-order valence-electron chi connectivity index (χ0n) is 17.0. The summed E-state index contributed by atoms with van der Waals surface area (Å²) in [5.41, 5.74) is 1.08. The molecule has 3 amide bonds. The molecule has 10 heteroatoms. The molecule has 1 aromatic rings. The molecular formula is C20H29N3O7. The van der Waals surface area contributed by atoms with Crippen LogP contribution < -0.4 is 16.0 Å². The van der Waals surface area contributed by atoms with Crippen LogP contribution in [0.3, 0.4) is 0 Å². The van der Waals surface area contributed by atoms with Gasteiger partial charge in [0.05, 0.1) is 39.6 Å². The Balaban J connectivity index is 2.81. The number of benzene rings is 1. The lowest BCUT2D eigenvalue weighted by atomic mass is 10.1. The zero-order chi connectivity index (χ0) is 22.2. The van der Waals surface area contributed by atoms with E-state index in [9.17, 15) is 14.4 Å². The second-order valence-corrected chi connectivity index (χ2v) is 6.04. The monoisotopic (exact) mass is 423 g/mol. The Hall–Kier alpha value is -2.79. The van der Waals surface area contributed by atoms with Crippen LogP contribution in [0.5, 0.6) is 0 Å². The van der Waals surface area contributed by atoms with Gasteiger partial charge in [0.15, 0.2) is 0 Å². The van der Waals surface area contributed by atoms with Crippen LogP contribution in [0.25, 0.3) is 6.08 Å². The van der Waals surface area contributed by atoms with E-state index in [-0.39, 0.29) is 64.2 Å². The van der Waals surface area contributed by atoms with Crippen molar-refractivity contribution in [3.05, 3.63) is 35.4 Å². The highest BCUT2D eigenvalue weighted by Gasteiger charge is 2.18. The number of aliphatic hydroxyl groups excluding tert-OH is 2. The molecular weight excluding hydrogens is 394 g/mol. The van der Waals surface area contributed by atoms with Crippen LogP contribution in [0, 0.1) is 0 Å². The van der Waals surface area contributed by atoms with Gasteiger partial charge in [0.2, 0.25) is 5.91 Å². The number of carbonyl (C=O) groups excluding carboxylic acids is 3. The predicted octanol–water partition coefficient (Wildman–Crippen LogP) is -0.721. The summed E-state index contributed by atoms with van der Waals surface area (Å²) in [6.45, 7) is 2.22. The van der Waals surface area contributed by atoms with E-state index in [1.54, 1.807) is 24.3 Å². The molecule has 0 heterocycles. The minimum atomic E-state index is -0.581. The molecule has 166 valence electrons. The molecule has 0 saturated heterocycles. The topological polar surface area (TPSA) is 146 Å². The van der Waals surface area contributed by atoms with Crippen LogP contribution in [-0.4, -0.2) is 80.7 Å². The van der Waals surface area contributed by atoms with Gasteiger partial charge in [0.25, 0.3) is 11.8 Å². The molecule has 0 radical (unpaired) electrons. The highest BCUT2D eigenvalue weighted by molar-refractivity contribution is 6.21. The van der Waals surface area contributed by atoms with E-state index in [4.69, 9.17) is 19.7 Å². The van der Waals surface area contributed by atoms with Crippen molar-refractivity contribution in [2.45, 2.75) is 6.92 Å². The molecule has 0 aliphatic rings. The normalized spacial score (nSPS) is 10.2. The smallest absolute Gasteiger partial charge is 0.256 e. The third kappa shape index (κ3) is 10.7. The zero-order valence-corrected chi connectivity index (χ0v) is 17.0. The minimum absolute atomic E-state index is 0.105. The van der Waals surface area contributed by atoms with Gasteiger partial charge in [-0.1, -0.05) is 12.1 Å². The Kier molecular flexibility index (Phi) is 12.7. The van der Waals surface area contributed by atoms with Gasteiger partial charge in [-0.3, -0.25) is 14.4 Å². The maximum atomic E-state index is 12.5. The van der Waals surface area contributed by atoms with Crippen molar-refractivity contribution < 1.29 is 34.1 Å². The van der Waals surface area contributed by atoms with Crippen LogP contribution >= 0.6 is 0 Å². The molecule has 0 aliphatic carbocycles. The van der Waals surface area contributed by atoms with E-state index >= 15 is 0 Å². The molecule has 5 N–H and O–H groups in total. The molecule has 0 unspecified atom stereocenters. The molecule has 10 nitrogen and oxygen atoms in total. The SMILES string of the molecule is CC(=O)Nc1ccc(C=C(C(=O)NCCOCCO)C(=O)NCCOCCO)cc1. The summed E-state index contributed by atoms with van der Waals surface area (Å²) >= 11 is 0. The molecule has 0 spiro atoms. The number of anilines is 1. The Morgan fingerprint density at radius 3 is 1.80 bits per heavy atom. The fourth-order valence-corrected chi connectivity index (χ4v) is 2.26. The second-order valence-electron chi connectivity index (χ2n) is 6.04. The number of amides is 3. The van der Waals surface area contributed by atoms with Gasteiger partial charge >= 0.3 is 0 Å². The highest BCUT2D eigenvalue weighted by atomic mass is 16.5. The maximum Gasteiger partial charge on any atom is 0.256 e. The number of carbonyl (C=O) groups is 3. The summed E-state index contributed by atoms with van der Waals surface area (Å²) in [5, 5.41) is 25.2. The first-order valence-electron chi connectivity index (χ1n) is 9.51. The maximum absolute atomic E-state index is 12.5. The van der Waals surface area contributed by atoms with Crippen molar-refractivity contribution in [1.82, 2.24) is 10.6 Å². The van der Waals surface area contributed by atoms with Gasteiger partial charge in [-0.05, 0) is 23.8 Å². The summed E-state index contributed by atoms with van der Waals surface area (Å²) in [6.07, 6.45) is 1.44. The lowest BCUT2D eigenvalue weighted by Crippen LogP contribution is -2.37. The summed E-state index contributed by atoms with van der Waals surface area (Å²) in [6, 6.07) is 6.65. The van der Waals surface area contributed by atoms with Gasteiger partial charge in [-0.15, -0.1) is 0 Å². The standard InChI is InChI=1S/C20H29N3O7/c1-15(26)23-17-4-2-16(3-5-17)14-18(19(27)21-6-10-29-12-8-24)20(28)22-7-11-30-13-9-25/h2-5,14,24-25H,6-13H2,1H3,(H,21,27)(H,22,28)(H,23,26). The number of aliphatic hydroxyl groups is 2. The molecule has 0 saturated carbocycles. The molecule has 0 fully saturated rings. The Bertz CT molecular complexity index is 677. The molecule has 1 aromatic carbocycles. The van der Waals surface area contributed by atoms with Crippen molar-refractivity contribution in [2.24, 2.45) is 0 Å². The van der Waals surface area contributed by atoms with E-state index in [0.717, 1.165) is 0 Å². The first kappa shape index (κ1) is 25.2. The molecule has 0 bridgehead atoms. The highest BCUT2D eigenvalue weighted by Crippen LogP contribution is 2.13. The van der Waals surface area contributed by atoms with Gasteiger partial charge < -0.3 is 35.6 Å². The molecule has 1 rings (SSSR count). The first-order valence-corrected chi connectivity index (χ1v) is 9.51. The average Bonchev–Trinajstić information content (AvgIpc) is 2.72. The lowest BCUT2D eigenvalue weighted by Gasteiger charge is -2.11. The van der Waals surface area contributed by atoms with Crippen LogP contribution in [0.1, 0.15) is 12.5 Å². The van der Waals surface area contributed by atoms with Crippen LogP contribution in [0.4, 0.5) is 5.69 Å². The Morgan fingerprint density at radius 1 is 0.867 bits per heavy atom. The van der Waals surface area contributed by atoms with E-state index < -0.39 is 11.8 Å². The van der Waals surface area contributed by atoms with Crippen LogP contribution in [0.15, 0.2) is 29.8 Å². The summed E-state index contributed by atoms with van der Waals surface area (Å²) in [5.74, 6) is -1.37. The third-order valence-corrected chi connectivity index (χ3v) is 3.57. The summed E-state index contributed by atoms with van der Waals surface area (Å²) in [4.78, 5) is 36.1. The van der Waals surface area contributed by atoms with Crippen LogP contribution in [0.2, 0.25) is 0 Å². The van der Waals surface area contributed by atoms with Crippen LogP contribution in [-0.2, 0) is 23.9 Å². The number of hydrogen-bond acceptors (Lipinski definition) is 7. The second kappa shape index (κ2) is 15.1. The fourth-order valence-electron chi connectivity index (χ4n) is 2.26. The minimum Gasteiger partial charge on any atom is -0.394 e. The van der Waals surface area contributed by atoms with E-state index in [2.05, 4.69) is 16.0 Å². The van der Waals surface area contributed by atoms with Crippen molar-refractivity contribution in [1.29, 1.82) is 0 Å². The van der Waals surface area contributed by atoms with Crippen molar-refractivity contribution in [3.8, 4) is 0 Å². The number of rotatable bonds is 14. The number of hydrogen-bond donors (Lipinski definition) is 5. The van der Waals surface area contributed by atoms with Gasteiger partial charge in [0, 0.05) is 25.7 Å². The third-order valence-electron chi connectivity index (χ3n) is 3.57. The Labute approximate surface area is 175 Å². The lowest BCUT2D eigenvalue weighted by molar-refractivity contribution is -0.123. The van der Waals surface area contributed by atoms with Gasteiger partial charge in [-0.2, -0.15) is 0 Å². The molecule has 0 aliphatic heterocycles. The van der Waals surface area contributed by atoms with Crippen molar-refractivity contribution >= 4 is 29.5 Å². The summed E-state index contributed by atoms with van der Waals surface area (Å²) in [7, 11) is 0. The van der Waals surface area contributed by atoms with Crippen molar-refractivity contribution in [2.75, 3.05) is 58.0 Å². The predicted molar refractivity (Wildman–Crippen MR) is 111 cm³/mol. The molecule has 30 heavy (non-hydrogen) atoms. The van der Waals surface area contributed by atoms with Gasteiger partial charge in [0.1, 0.15) is 5.57 Å². The van der Waals surface area contributed by atoms with Crippen molar-refractivity contribution in [3.63, 3.8) is 0 Å². The largest absolute Gasteiger partial charge is 0.394 e. The fraction of sp³-hybridized carbons (Fsp3) is 0.450. The Morgan fingerprint density at radius 2 is 1.37 bits per heavy atom. The molecule has 0 atom stereocenters. The number of ether oxygens (including phenoxy) is 2.